The van der Waals surface area contributed by atoms with Crippen LogP contribution in [0.15, 0.2) is 18.2 Å². The monoisotopic (exact) mass is 268 g/mol. The van der Waals surface area contributed by atoms with Crippen LogP contribution in [0.1, 0.15) is 32.4 Å². The van der Waals surface area contributed by atoms with Gasteiger partial charge >= 0.3 is 0 Å². The quantitative estimate of drug-likeness (QED) is 0.896. The molecule has 0 spiro atoms. The lowest BCUT2D eigenvalue weighted by Gasteiger charge is -2.37. The molecular weight excluding hydrogens is 248 g/mol. The van der Waals surface area contributed by atoms with Gasteiger partial charge in [-0.15, -0.1) is 0 Å². The number of morpholine rings is 1. The van der Waals surface area contributed by atoms with Crippen molar-refractivity contribution in [3.63, 3.8) is 0 Å². The summed E-state index contributed by atoms with van der Waals surface area (Å²) in [4.78, 5) is 2.28. The van der Waals surface area contributed by atoms with Gasteiger partial charge in [0.05, 0.1) is 22.9 Å². The molecule has 3 atom stereocenters. The SMILES string of the molecule is C[C@@H]1CN(c2ccc([C@H](C)N)cc2Cl)C[C@H](C)O1. The Hall–Kier alpha value is -0.770. The molecule has 1 fully saturated rings. The van der Waals surface area contributed by atoms with Crippen molar-refractivity contribution in [1.29, 1.82) is 0 Å². The van der Waals surface area contributed by atoms with Gasteiger partial charge in [0.25, 0.3) is 0 Å². The number of hydrogen-bond acceptors (Lipinski definition) is 3. The summed E-state index contributed by atoms with van der Waals surface area (Å²) in [7, 11) is 0. The Labute approximate surface area is 114 Å². The Balaban J connectivity index is 2.22. The molecule has 0 aromatic heterocycles. The predicted octanol–water partition coefficient (Wildman–Crippen LogP) is 2.97. The van der Waals surface area contributed by atoms with Crippen molar-refractivity contribution >= 4 is 17.3 Å². The zero-order valence-corrected chi connectivity index (χ0v) is 11.9. The van der Waals surface area contributed by atoms with Gasteiger partial charge in [-0.1, -0.05) is 17.7 Å². The molecule has 0 radical (unpaired) electrons. The fourth-order valence-corrected chi connectivity index (χ4v) is 2.75. The maximum atomic E-state index is 6.36. The van der Waals surface area contributed by atoms with Crippen LogP contribution in [0.4, 0.5) is 5.69 Å². The number of ether oxygens (including phenoxy) is 1. The van der Waals surface area contributed by atoms with Crippen molar-refractivity contribution in [1.82, 2.24) is 0 Å². The average molecular weight is 269 g/mol. The molecule has 0 bridgehead atoms. The highest BCUT2D eigenvalue weighted by molar-refractivity contribution is 6.33. The molecule has 0 saturated carbocycles. The van der Waals surface area contributed by atoms with E-state index in [1.54, 1.807) is 0 Å². The average Bonchev–Trinajstić information content (AvgIpc) is 2.27. The standard InChI is InChI=1S/C14H21ClN2O/c1-9-7-17(8-10(2)18-9)14-5-4-12(11(3)16)6-13(14)15/h4-6,9-11H,7-8,16H2,1-3H3/t9-,10+,11-/m0/s1. The van der Waals surface area contributed by atoms with E-state index in [-0.39, 0.29) is 18.2 Å². The summed E-state index contributed by atoms with van der Waals surface area (Å²) in [5.41, 5.74) is 8.00. The molecule has 2 rings (SSSR count). The van der Waals surface area contributed by atoms with Crippen molar-refractivity contribution in [2.24, 2.45) is 5.73 Å². The molecule has 1 aliphatic rings. The van der Waals surface area contributed by atoms with E-state index in [0.717, 1.165) is 29.4 Å². The van der Waals surface area contributed by atoms with Crippen LogP contribution >= 0.6 is 11.6 Å². The van der Waals surface area contributed by atoms with Crippen LogP contribution in [0.5, 0.6) is 0 Å². The van der Waals surface area contributed by atoms with Gasteiger partial charge in [-0.2, -0.15) is 0 Å². The summed E-state index contributed by atoms with van der Waals surface area (Å²) in [5.74, 6) is 0. The number of hydrogen-bond donors (Lipinski definition) is 1. The summed E-state index contributed by atoms with van der Waals surface area (Å²) in [6.45, 7) is 7.90. The molecule has 0 unspecified atom stereocenters. The normalized spacial score (nSPS) is 26.2. The Kier molecular flexibility index (Phi) is 4.15. The molecule has 1 saturated heterocycles. The topological polar surface area (TPSA) is 38.5 Å². The molecule has 3 nitrogen and oxygen atoms in total. The third-order valence-electron chi connectivity index (χ3n) is 3.26. The minimum absolute atomic E-state index is 0.0130. The molecule has 2 N–H and O–H groups in total. The van der Waals surface area contributed by atoms with E-state index < -0.39 is 0 Å². The van der Waals surface area contributed by atoms with Crippen LogP contribution in [0.25, 0.3) is 0 Å². The molecule has 100 valence electrons. The van der Waals surface area contributed by atoms with Crippen molar-refractivity contribution in [2.45, 2.75) is 39.0 Å². The second kappa shape index (κ2) is 5.47. The van der Waals surface area contributed by atoms with Crippen molar-refractivity contribution in [3.05, 3.63) is 28.8 Å². The summed E-state index contributed by atoms with van der Waals surface area (Å²) >= 11 is 6.36. The van der Waals surface area contributed by atoms with E-state index in [1.165, 1.54) is 0 Å². The van der Waals surface area contributed by atoms with Gasteiger partial charge in [0.2, 0.25) is 0 Å². The van der Waals surface area contributed by atoms with Crippen LogP contribution in [0, 0.1) is 0 Å². The summed E-state index contributed by atoms with van der Waals surface area (Å²) in [5, 5.41) is 0.770. The Morgan fingerprint density at radius 1 is 1.33 bits per heavy atom. The number of benzene rings is 1. The number of nitrogens with zero attached hydrogens (tertiary/aromatic N) is 1. The molecule has 18 heavy (non-hydrogen) atoms. The molecule has 1 aromatic carbocycles. The van der Waals surface area contributed by atoms with E-state index in [4.69, 9.17) is 22.1 Å². The molecule has 1 aliphatic heterocycles. The summed E-state index contributed by atoms with van der Waals surface area (Å²) in [6, 6.07) is 6.09. The molecule has 1 heterocycles. The lowest BCUT2D eigenvalue weighted by atomic mass is 10.1. The molecule has 4 heteroatoms. The number of rotatable bonds is 2. The summed E-state index contributed by atoms with van der Waals surface area (Å²) in [6.07, 6.45) is 0.468. The van der Waals surface area contributed by atoms with Gasteiger partial charge in [-0.05, 0) is 38.5 Å². The smallest absolute Gasteiger partial charge is 0.0726 e. The summed E-state index contributed by atoms with van der Waals surface area (Å²) < 4.78 is 5.73. The first-order valence-corrected chi connectivity index (χ1v) is 6.80. The van der Waals surface area contributed by atoms with E-state index in [2.05, 4.69) is 30.9 Å². The Bertz CT molecular complexity index is 412. The fourth-order valence-electron chi connectivity index (χ4n) is 2.44. The first-order chi connectivity index (χ1) is 8.47. The third kappa shape index (κ3) is 2.97. The first-order valence-electron chi connectivity index (χ1n) is 6.43. The Morgan fingerprint density at radius 2 is 1.94 bits per heavy atom. The number of nitrogens with two attached hydrogens (primary N) is 1. The van der Waals surface area contributed by atoms with Gasteiger partial charge in [-0.25, -0.2) is 0 Å². The van der Waals surface area contributed by atoms with Crippen LogP contribution < -0.4 is 10.6 Å². The highest BCUT2D eigenvalue weighted by atomic mass is 35.5. The number of anilines is 1. The van der Waals surface area contributed by atoms with Crippen LogP contribution in [0.2, 0.25) is 5.02 Å². The van der Waals surface area contributed by atoms with Crippen molar-refractivity contribution < 1.29 is 4.74 Å². The van der Waals surface area contributed by atoms with E-state index >= 15 is 0 Å². The fraction of sp³-hybridized carbons (Fsp3) is 0.571. The molecule has 1 aromatic rings. The lowest BCUT2D eigenvalue weighted by Crippen LogP contribution is -2.45. The Morgan fingerprint density at radius 3 is 2.44 bits per heavy atom. The molecule has 0 aliphatic carbocycles. The van der Waals surface area contributed by atoms with Gasteiger partial charge < -0.3 is 15.4 Å². The highest BCUT2D eigenvalue weighted by Crippen LogP contribution is 2.30. The molecule has 0 amide bonds. The predicted molar refractivity (Wildman–Crippen MR) is 76.3 cm³/mol. The second-order valence-corrected chi connectivity index (χ2v) is 5.57. The van der Waals surface area contributed by atoms with Gasteiger partial charge in [-0.3, -0.25) is 0 Å². The van der Waals surface area contributed by atoms with Crippen LogP contribution in [-0.2, 0) is 4.74 Å². The molecular formula is C14H21ClN2O. The largest absolute Gasteiger partial charge is 0.372 e. The number of halogens is 1. The van der Waals surface area contributed by atoms with E-state index in [0.29, 0.717) is 0 Å². The zero-order valence-electron chi connectivity index (χ0n) is 11.2. The van der Waals surface area contributed by atoms with Crippen LogP contribution in [-0.4, -0.2) is 25.3 Å². The highest BCUT2D eigenvalue weighted by Gasteiger charge is 2.23. The lowest BCUT2D eigenvalue weighted by molar-refractivity contribution is -0.00520. The maximum Gasteiger partial charge on any atom is 0.0726 e. The zero-order chi connectivity index (χ0) is 13.3. The van der Waals surface area contributed by atoms with Gasteiger partial charge in [0.1, 0.15) is 0 Å². The van der Waals surface area contributed by atoms with Crippen molar-refractivity contribution in [2.75, 3.05) is 18.0 Å². The van der Waals surface area contributed by atoms with E-state index in [1.807, 2.05) is 13.0 Å². The van der Waals surface area contributed by atoms with Gasteiger partial charge in [0.15, 0.2) is 0 Å². The van der Waals surface area contributed by atoms with Gasteiger partial charge in [0, 0.05) is 19.1 Å². The van der Waals surface area contributed by atoms with Crippen molar-refractivity contribution in [3.8, 4) is 0 Å². The first kappa shape index (κ1) is 13.7. The van der Waals surface area contributed by atoms with Crippen LogP contribution in [0.3, 0.4) is 0 Å². The van der Waals surface area contributed by atoms with E-state index in [9.17, 15) is 0 Å². The third-order valence-corrected chi connectivity index (χ3v) is 3.56. The minimum atomic E-state index is 0.0130. The second-order valence-electron chi connectivity index (χ2n) is 5.16. The minimum Gasteiger partial charge on any atom is -0.372 e. The maximum absolute atomic E-state index is 6.36.